The van der Waals surface area contributed by atoms with Gasteiger partial charge < -0.3 is 5.32 Å². The van der Waals surface area contributed by atoms with Crippen molar-refractivity contribution in [1.82, 2.24) is 0 Å². The van der Waals surface area contributed by atoms with Crippen LogP contribution >= 0.6 is 11.6 Å². The summed E-state index contributed by atoms with van der Waals surface area (Å²) < 4.78 is 0. The van der Waals surface area contributed by atoms with Crippen molar-refractivity contribution in [2.45, 2.75) is 0 Å². The number of halogens is 1. The van der Waals surface area contributed by atoms with Gasteiger partial charge in [0.15, 0.2) is 0 Å². The van der Waals surface area contributed by atoms with Crippen molar-refractivity contribution in [3.63, 3.8) is 0 Å². The van der Waals surface area contributed by atoms with E-state index in [0.29, 0.717) is 10.7 Å². The zero-order valence-electron chi connectivity index (χ0n) is 4.69. The van der Waals surface area contributed by atoms with Gasteiger partial charge in [0.25, 0.3) is 0 Å². The normalized spacial score (nSPS) is 9.11. The summed E-state index contributed by atoms with van der Waals surface area (Å²) in [6.45, 7) is 0. The Bertz CT molecular complexity index is 198. The smallest absolute Gasteiger partial charge is 0.122 e. The molecule has 1 aromatic carbocycles. The van der Waals surface area contributed by atoms with Gasteiger partial charge in [0.05, 0.1) is 10.7 Å². The summed E-state index contributed by atoms with van der Waals surface area (Å²) in [6, 6.07) is 7.12. The maximum absolute atomic E-state index is 6.75. The zero-order valence-corrected chi connectivity index (χ0v) is 5.44. The maximum atomic E-state index is 6.75. The van der Waals surface area contributed by atoms with Gasteiger partial charge in [-0.3, -0.25) is 0 Å². The predicted octanol–water partition coefficient (Wildman–Crippen LogP) is 2.30. The van der Waals surface area contributed by atoms with Gasteiger partial charge in [-0.1, -0.05) is 23.7 Å². The van der Waals surface area contributed by atoms with E-state index >= 15 is 0 Å². The number of para-hydroxylation sites is 1. The highest BCUT2D eigenvalue weighted by Crippen LogP contribution is 2.19. The van der Waals surface area contributed by atoms with E-state index in [0.717, 1.165) is 0 Å². The van der Waals surface area contributed by atoms with Gasteiger partial charge in [-0.05, 0) is 12.1 Å². The molecule has 3 radical (unpaired) electrons. The molecular formula is C7H5ClN. The van der Waals surface area contributed by atoms with E-state index < -0.39 is 0 Å². The Kier molecular flexibility index (Phi) is 1.96. The second-order valence-corrected chi connectivity index (χ2v) is 2.01. The lowest BCUT2D eigenvalue weighted by atomic mass is 10.3. The first-order valence-corrected chi connectivity index (χ1v) is 2.89. The number of anilines is 1. The standard InChI is InChI=1S/C7H5ClN/c1-9-7-5-3-2-4-6(7)8/h2-5,9H. The summed E-state index contributed by atoms with van der Waals surface area (Å²) in [6.07, 6.45) is 0. The molecule has 0 saturated heterocycles. The number of hydrogen-bond acceptors (Lipinski definition) is 1. The maximum Gasteiger partial charge on any atom is 0.122 e. The minimum absolute atomic E-state index is 0.576. The van der Waals surface area contributed by atoms with Crippen LogP contribution in [0.4, 0.5) is 5.69 Å². The van der Waals surface area contributed by atoms with Crippen LogP contribution in [0.3, 0.4) is 0 Å². The van der Waals surface area contributed by atoms with Crippen molar-refractivity contribution in [1.29, 1.82) is 0 Å². The number of nitrogens with one attached hydrogen (secondary N) is 1. The Morgan fingerprint density at radius 3 is 2.44 bits per heavy atom. The fourth-order valence-electron chi connectivity index (χ4n) is 0.563. The molecule has 0 aromatic heterocycles. The summed E-state index contributed by atoms with van der Waals surface area (Å²) in [5.74, 6) is 0. The molecule has 0 aliphatic carbocycles. The molecule has 0 unspecified atom stereocenters. The van der Waals surface area contributed by atoms with Crippen LogP contribution in [-0.2, 0) is 0 Å². The van der Waals surface area contributed by atoms with E-state index in [1.165, 1.54) is 0 Å². The molecule has 0 atom stereocenters. The molecule has 0 aliphatic rings. The van der Waals surface area contributed by atoms with E-state index in [4.69, 9.17) is 18.6 Å². The van der Waals surface area contributed by atoms with Crippen molar-refractivity contribution < 1.29 is 0 Å². The van der Waals surface area contributed by atoms with Crippen LogP contribution in [0.2, 0.25) is 5.02 Å². The van der Waals surface area contributed by atoms with Crippen LogP contribution in [0.25, 0.3) is 0 Å². The third-order valence-corrected chi connectivity index (χ3v) is 1.34. The molecule has 1 aromatic rings. The summed E-state index contributed by atoms with van der Waals surface area (Å²) in [5.41, 5.74) is 0.638. The Hall–Kier alpha value is -0.690. The topological polar surface area (TPSA) is 12.0 Å². The average Bonchev–Trinajstić information content (AvgIpc) is 1.89. The highest BCUT2D eigenvalue weighted by molar-refractivity contribution is 6.33. The molecule has 0 heterocycles. The third kappa shape index (κ3) is 1.36. The molecule has 1 N–H and O–H groups in total. The SMILES string of the molecule is [C]Nc1ccccc1Cl. The molecule has 0 aliphatic heterocycles. The van der Waals surface area contributed by atoms with E-state index in [1.807, 2.05) is 12.1 Å². The van der Waals surface area contributed by atoms with Crippen molar-refractivity contribution in [3.8, 4) is 0 Å². The quantitative estimate of drug-likeness (QED) is 0.628. The monoisotopic (exact) mass is 138 g/mol. The summed E-state index contributed by atoms with van der Waals surface area (Å²) in [5, 5.41) is 2.79. The molecule has 0 bridgehead atoms. The van der Waals surface area contributed by atoms with Gasteiger partial charge in [-0.15, -0.1) is 0 Å². The summed E-state index contributed by atoms with van der Waals surface area (Å²) in [4.78, 5) is 0. The second-order valence-electron chi connectivity index (χ2n) is 1.60. The van der Waals surface area contributed by atoms with Gasteiger partial charge in [0.1, 0.15) is 7.05 Å². The van der Waals surface area contributed by atoms with Gasteiger partial charge in [-0.2, -0.15) is 0 Å². The number of rotatable bonds is 1. The van der Waals surface area contributed by atoms with Crippen LogP contribution in [0.1, 0.15) is 0 Å². The first-order valence-electron chi connectivity index (χ1n) is 2.52. The highest BCUT2D eigenvalue weighted by Gasteiger charge is 1.91. The number of benzene rings is 1. The Morgan fingerprint density at radius 1 is 1.33 bits per heavy atom. The molecule has 2 heteroatoms. The minimum Gasteiger partial charge on any atom is -0.371 e. The minimum atomic E-state index is 0.576. The Labute approximate surface area is 59.6 Å². The van der Waals surface area contributed by atoms with Crippen molar-refractivity contribution in [3.05, 3.63) is 36.3 Å². The van der Waals surface area contributed by atoms with Crippen LogP contribution < -0.4 is 5.32 Å². The van der Waals surface area contributed by atoms with E-state index in [1.54, 1.807) is 12.1 Å². The molecule has 0 spiro atoms. The third-order valence-electron chi connectivity index (χ3n) is 1.01. The zero-order chi connectivity index (χ0) is 6.69. The number of hydrogen-bond donors (Lipinski definition) is 1. The lowest BCUT2D eigenvalue weighted by Crippen LogP contribution is -1.83. The van der Waals surface area contributed by atoms with Crippen LogP contribution in [-0.4, -0.2) is 0 Å². The molecule has 0 amide bonds. The van der Waals surface area contributed by atoms with Gasteiger partial charge in [0.2, 0.25) is 0 Å². The fraction of sp³-hybridized carbons (Fsp3) is 0. The summed E-state index contributed by atoms with van der Waals surface area (Å²) >= 11 is 5.64. The molecular weight excluding hydrogens is 134 g/mol. The van der Waals surface area contributed by atoms with Crippen molar-refractivity contribution >= 4 is 17.3 Å². The average molecular weight is 139 g/mol. The molecule has 45 valence electrons. The molecule has 0 saturated carbocycles. The van der Waals surface area contributed by atoms with E-state index in [2.05, 4.69) is 5.32 Å². The van der Waals surface area contributed by atoms with Gasteiger partial charge in [0, 0.05) is 0 Å². The summed E-state index contributed by atoms with van der Waals surface area (Å²) in [7, 11) is 6.75. The first kappa shape index (κ1) is 6.43. The van der Waals surface area contributed by atoms with E-state index in [-0.39, 0.29) is 0 Å². The van der Waals surface area contributed by atoms with Crippen molar-refractivity contribution in [2.75, 3.05) is 5.32 Å². The van der Waals surface area contributed by atoms with Crippen LogP contribution in [0.15, 0.2) is 24.3 Å². The lowest BCUT2D eigenvalue weighted by molar-refractivity contribution is 1.59. The molecule has 1 rings (SSSR count). The largest absolute Gasteiger partial charge is 0.371 e. The van der Waals surface area contributed by atoms with Crippen LogP contribution in [0.5, 0.6) is 0 Å². The molecule has 0 fully saturated rings. The van der Waals surface area contributed by atoms with Crippen molar-refractivity contribution in [2.24, 2.45) is 0 Å². The predicted molar refractivity (Wildman–Crippen MR) is 38.3 cm³/mol. The molecule has 9 heavy (non-hydrogen) atoms. The first-order chi connectivity index (χ1) is 4.34. The highest BCUT2D eigenvalue weighted by atomic mass is 35.5. The van der Waals surface area contributed by atoms with Gasteiger partial charge >= 0.3 is 0 Å². The molecule has 1 nitrogen and oxygen atoms in total. The second kappa shape index (κ2) is 2.74. The van der Waals surface area contributed by atoms with Crippen LogP contribution in [0, 0.1) is 7.05 Å². The van der Waals surface area contributed by atoms with E-state index in [9.17, 15) is 0 Å². The Morgan fingerprint density at radius 2 is 2.00 bits per heavy atom. The van der Waals surface area contributed by atoms with Gasteiger partial charge in [-0.25, -0.2) is 0 Å². The Balaban J connectivity index is 3.01. The lowest BCUT2D eigenvalue weighted by Gasteiger charge is -1.98. The fourth-order valence-corrected chi connectivity index (χ4v) is 0.746.